The highest BCUT2D eigenvalue weighted by atomic mass is 79.9. The van der Waals surface area contributed by atoms with Crippen molar-refractivity contribution in [2.24, 2.45) is 5.92 Å². The fraction of sp³-hybridized carbons (Fsp3) is 0.250. The van der Waals surface area contributed by atoms with E-state index in [9.17, 15) is 9.59 Å². The van der Waals surface area contributed by atoms with Gasteiger partial charge in [-0.1, -0.05) is 47.8 Å². The van der Waals surface area contributed by atoms with Gasteiger partial charge in [0.2, 0.25) is 0 Å². The molecule has 0 fully saturated rings. The third kappa shape index (κ3) is 2.16. The van der Waals surface area contributed by atoms with Crippen LogP contribution in [0.5, 0.6) is 0 Å². The van der Waals surface area contributed by atoms with Crippen LogP contribution in [0.15, 0.2) is 19.5 Å². The van der Waals surface area contributed by atoms with Crippen LogP contribution in [0.2, 0.25) is 0 Å². The van der Waals surface area contributed by atoms with Gasteiger partial charge in [0.05, 0.1) is 0 Å². The molecule has 0 saturated carbocycles. The molecule has 2 atom stereocenters. The van der Waals surface area contributed by atoms with E-state index in [1.807, 2.05) is 0 Å². The average Bonchev–Trinajstić information content (AvgIpc) is 2.14. The summed E-state index contributed by atoms with van der Waals surface area (Å²) in [5.74, 6) is -3.77. The molecule has 0 aromatic rings. The summed E-state index contributed by atoms with van der Waals surface area (Å²) >= 11 is 12.3. The number of halogens is 4. The molecule has 0 radical (unpaired) electrons. The van der Waals surface area contributed by atoms with Crippen LogP contribution >= 0.6 is 63.7 Å². The molecule has 0 aromatic carbocycles. The Kier molecular flexibility index (Phi) is 4.42. The van der Waals surface area contributed by atoms with Crippen LogP contribution in [0, 0.1) is 5.92 Å². The van der Waals surface area contributed by atoms with Crippen LogP contribution in [0.25, 0.3) is 0 Å². The summed E-state index contributed by atoms with van der Waals surface area (Å²) in [5, 5.41) is 18.3. The molecule has 1 rings (SSSR count). The summed E-state index contributed by atoms with van der Waals surface area (Å²) in [6.07, 6.45) is 1.49. The summed E-state index contributed by atoms with van der Waals surface area (Å²) in [6, 6.07) is 0. The van der Waals surface area contributed by atoms with Crippen molar-refractivity contribution >= 4 is 75.7 Å². The molecule has 2 N–H and O–H groups in total. The number of aliphatic carboxylic acids is 2. The zero-order chi connectivity index (χ0) is 12.7. The minimum absolute atomic E-state index is 0.231. The highest BCUT2D eigenvalue weighted by molar-refractivity contribution is 9.15. The fourth-order valence-corrected chi connectivity index (χ4v) is 4.13. The first kappa shape index (κ1) is 14.4. The monoisotopic (exact) mass is 480 g/mol. The van der Waals surface area contributed by atoms with E-state index in [1.54, 1.807) is 0 Å². The Bertz CT molecular complexity index is 428. The number of rotatable bonds is 2. The number of carbonyl (C=O) groups is 2. The van der Waals surface area contributed by atoms with Crippen LogP contribution < -0.4 is 0 Å². The lowest BCUT2D eigenvalue weighted by Gasteiger charge is -2.32. The predicted octanol–water partition coefficient (Wildman–Crippen LogP) is 3.20. The van der Waals surface area contributed by atoms with Gasteiger partial charge in [0.15, 0.2) is 4.32 Å². The largest absolute Gasteiger partial charge is 0.481 e. The van der Waals surface area contributed by atoms with Crippen LogP contribution in [-0.2, 0) is 9.59 Å². The van der Waals surface area contributed by atoms with Gasteiger partial charge in [-0.2, -0.15) is 0 Å². The second-order valence-electron chi connectivity index (χ2n) is 2.98. The SMILES string of the molecule is O=C(O)C1C(Br)=C(Br)C=C(Br)C1(Br)C(=O)O. The topological polar surface area (TPSA) is 74.6 Å². The number of allylic oxidation sites excluding steroid dienone is 2. The molecular formula is C8H4Br4O4. The van der Waals surface area contributed by atoms with Crippen LogP contribution in [-0.4, -0.2) is 26.5 Å². The second-order valence-corrected chi connectivity index (χ2v) is 6.79. The third-order valence-electron chi connectivity index (χ3n) is 2.04. The Morgan fingerprint density at radius 2 is 1.75 bits per heavy atom. The molecule has 16 heavy (non-hydrogen) atoms. The molecular weight excluding hydrogens is 480 g/mol. The predicted molar refractivity (Wildman–Crippen MR) is 72.3 cm³/mol. The van der Waals surface area contributed by atoms with Crippen molar-refractivity contribution in [2.75, 3.05) is 0 Å². The maximum Gasteiger partial charge on any atom is 0.326 e. The first-order valence-electron chi connectivity index (χ1n) is 3.80. The maximum absolute atomic E-state index is 11.2. The standard InChI is InChI=1S/C8H4Br4O4/c9-2-1-3(10)8(12,7(15)16)4(5(2)11)6(13)14/h1,4H,(H,13,14)(H,15,16). The smallest absolute Gasteiger partial charge is 0.326 e. The van der Waals surface area contributed by atoms with E-state index in [2.05, 4.69) is 63.7 Å². The molecule has 0 spiro atoms. The Balaban J connectivity index is 3.46. The molecule has 8 heteroatoms. The van der Waals surface area contributed by atoms with E-state index in [-0.39, 0.29) is 8.96 Å². The molecule has 0 aliphatic heterocycles. The van der Waals surface area contributed by atoms with Crippen LogP contribution in [0.1, 0.15) is 0 Å². The molecule has 0 bridgehead atoms. The summed E-state index contributed by atoms with van der Waals surface area (Å²) in [6.45, 7) is 0. The van der Waals surface area contributed by atoms with Gasteiger partial charge in [-0.05, 0) is 22.0 Å². The molecule has 0 aromatic heterocycles. The molecule has 88 valence electrons. The molecule has 4 nitrogen and oxygen atoms in total. The number of carboxylic acids is 2. The number of alkyl halides is 1. The molecule has 0 saturated heterocycles. The van der Waals surface area contributed by atoms with Gasteiger partial charge < -0.3 is 10.2 Å². The Morgan fingerprint density at radius 1 is 1.25 bits per heavy atom. The van der Waals surface area contributed by atoms with E-state index in [1.165, 1.54) is 6.08 Å². The first-order valence-corrected chi connectivity index (χ1v) is 6.98. The number of carboxylic acid groups (broad SMARTS) is 2. The summed E-state index contributed by atoms with van der Waals surface area (Å²) in [5.41, 5.74) is 0. The van der Waals surface area contributed by atoms with E-state index in [4.69, 9.17) is 10.2 Å². The van der Waals surface area contributed by atoms with Crippen molar-refractivity contribution in [1.29, 1.82) is 0 Å². The zero-order valence-electron chi connectivity index (χ0n) is 7.38. The molecule has 0 amide bonds. The van der Waals surface area contributed by atoms with Crippen molar-refractivity contribution in [3.8, 4) is 0 Å². The summed E-state index contributed by atoms with van der Waals surface area (Å²) < 4.78 is -0.713. The Morgan fingerprint density at radius 3 is 2.12 bits per heavy atom. The maximum atomic E-state index is 11.2. The molecule has 1 aliphatic carbocycles. The van der Waals surface area contributed by atoms with E-state index >= 15 is 0 Å². The highest BCUT2D eigenvalue weighted by Gasteiger charge is 2.53. The van der Waals surface area contributed by atoms with Gasteiger partial charge in [-0.3, -0.25) is 9.59 Å². The van der Waals surface area contributed by atoms with Crippen LogP contribution in [0.3, 0.4) is 0 Å². The zero-order valence-corrected chi connectivity index (χ0v) is 13.7. The van der Waals surface area contributed by atoms with Crippen molar-refractivity contribution in [1.82, 2.24) is 0 Å². The molecule has 2 unspecified atom stereocenters. The van der Waals surface area contributed by atoms with Gasteiger partial charge in [0.1, 0.15) is 5.92 Å². The van der Waals surface area contributed by atoms with E-state index in [0.29, 0.717) is 4.48 Å². The lowest BCUT2D eigenvalue weighted by Crippen LogP contribution is -2.46. The fourth-order valence-electron chi connectivity index (χ4n) is 1.24. The first-order chi connectivity index (χ1) is 7.22. The van der Waals surface area contributed by atoms with E-state index < -0.39 is 22.2 Å². The van der Waals surface area contributed by atoms with Gasteiger partial charge in [0, 0.05) is 13.4 Å². The van der Waals surface area contributed by atoms with Gasteiger partial charge in [0.25, 0.3) is 0 Å². The van der Waals surface area contributed by atoms with Gasteiger partial charge in [-0.15, -0.1) is 0 Å². The Hall–Kier alpha value is 0.340. The van der Waals surface area contributed by atoms with Crippen LogP contribution in [0.4, 0.5) is 0 Å². The number of hydrogen-bond acceptors (Lipinski definition) is 2. The third-order valence-corrected chi connectivity index (χ3v) is 6.72. The lowest BCUT2D eigenvalue weighted by atomic mass is 9.88. The highest BCUT2D eigenvalue weighted by Crippen LogP contribution is 2.50. The normalized spacial score (nSPS) is 30.0. The van der Waals surface area contributed by atoms with Crippen molar-refractivity contribution in [2.45, 2.75) is 4.32 Å². The molecule has 1 aliphatic rings. The van der Waals surface area contributed by atoms with E-state index in [0.717, 1.165) is 0 Å². The molecule has 0 heterocycles. The number of hydrogen-bond donors (Lipinski definition) is 2. The lowest BCUT2D eigenvalue weighted by molar-refractivity contribution is -0.148. The Labute approximate surface area is 124 Å². The summed E-state index contributed by atoms with van der Waals surface area (Å²) in [7, 11) is 0. The summed E-state index contributed by atoms with van der Waals surface area (Å²) in [4.78, 5) is 22.4. The average molecular weight is 484 g/mol. The second kappa shape index (κ2) is 4.91. The van der Waals surface area contributed by atoms with Gasteiger partial charge in [-0.25, -0.2) is 0 Å². The van der Waals surface area contributed by atoms with Crippen molar-refractivity contribution < 1.29 is 19.8 Å². The van der Waals surface area contributed by atoms with Crippen molar-refractivity contribution in [3.63, 3.8) is 0 Å². The quantitative estimate of drug-likeness (QED) is 0.592. The minimum Gasteiger partial charge on any atom is -0.481 e. The van der Waals surface area contributed by atoms with Gasteiger partial charge >= 0.3 is 11.9 Å². The minimum atomic E-state index is -1.70. The van der Waals surface area contributed by atoms with Crippen molar-refractivity contribution in [3.05, 3.63) is 19.5 Å².